The Kier molecular flexibility index (Phi) is 4.34. The molecule has 1 heterocycles. The molecule has 0 saturated carbocycles. The number of carbonyl (C=O) groups is 1. The zero-order valence-electron chi connectivity index (χ0n) is 13.6. The van der Waals surface area contributed by atoms with Gasteiger partial charge in [-0.3, -0.25) is 14.9 Å². The van der Waals surface area contributed by atoms with Gasteiger partial charge >= 0.3 is 5.69 Å². The number of carbonyl (C=O) groups excluding carboxylic acids is 1. The average Bonchev–Trinajstić information content (AvgIpc) is 3.06. The molecule has 0 fully saturated rings. The molecular weight excluding hydrogens is 326 g/mol. The molecule has 1 aliphatic heterocycles. The van der Waals surface area contributed by atoms with Gasteiger partial charge in [-0.2, -0.15) is 5.10 Å². The van der Waals surface area contributed by atoms with E-state index >= 15 is 0 Å². The molecule has 25 heavy (non-hydrogen) atoms. The van der Waals surface area contributed by atoms with Crippen LogP contribution < -0.4 is 14.5 Å². The van der Waals surface area contributed by atoms with Crippen LogP contribution in [0.4, 0.5) is 11.4 Å². The Morgan fingerprint density at radius 2 is 1.96 bits per heavy atom. The summed E-state index contributed by atoms with van der Waals surface area (Å²) in [6.45, 7) is 0. The molecular formula is C17H15N3O5. The van der Waals surface area contributed by atoms with Crippen molar-refractivity contribution in [2.45, 2.75) is 6.42 Å². The van der Waals surface area contributed by atoms with Crippen molar-refractivity contribution in [1.82, 2.24) is 0 Å². The predicted octanol–water partition coefficient (Wildman–Crippen LogP) is 3.00. The van der Waals surface area contributed by atoms with E-state index in [1.54, 1.807) is 30.3 Å². The number of anilines is 1. The number of benzene rings is 2. The number of ether oxygens (including phenoxy) is 2. The lowest BCUT2D eigenvalue weighted by atomic mass is 10.0. The van der Waals surface area contributed by atoms with Crippen molar-refractivity contribution in [3.63, 3.8) is 0 Å². The van der Waals surface area contributed by atoms with Gasteiger partial charge in [0, 0.05) is 12.3 Å². The van der Waals surface area contributed by atoms with Gasteiger partial charge in [0.25, 0.3) is 5.91 Å². The Balaban J connectivity index is 2.10. The maximum atomic E-state index is 11.8. The minimum Gasteiger partial charge on any atom is -0.493 e. The summed E-state index contributed by atoms with van der Waals surface area (Å²) in [5.74, 6) is 0.189. The first-order chi connectivity index (χ1) is 12.0. The highest BCUT2D eigenvalue weighted by Gasteiger charge is 2.23. The highest BCUT2D eigenvalue weighted by Crippen LogP contribution is 2.41. The third-order valence-electron chi connectivity index (χ3n) is 3.78. The van der Waals surface area contributed by atoms with Gasteiger partial charge in [0.2, 0.25) is 5.75 Å². The molecule has 1 amide bonds. The van der Waals surface area contributed by atoms with Crippen molar-refractivity contribution in [3.05, 3.63) is 46.5 Å². The standard InChI is InChI=1S/C17H15N3O5/c1-24-15-10-12(9-14(20(22)23)17(15)25-2)11-4-3-5-13(8-11)19-16(21)6-7-18-19/h3-5,7-10H,6H2,1-2H3. The van der Waals surface area contributed by atoms with Crippen LogP contribution in [-0.4, -0.2) is 31.3 Å². The highest BCUT2D eigenvalue weighted by molar-refractivity contribution is 6.05. The van der Waals surface area contributed by atoms with E-state index in [4.69, 9.17) is 9.47 Å². The molecule has 8 heteroatoms. The molecule has 2 aromatic rings. The number of nitro groups is 1. The molecule has 0 radical (unpaired) electrons. The van der Waals surface area contributed by atoms with E-state index in [0.29, 0.717) is 16.8 Å². The molecule has 0 saturated heterocycles. The molecule has 0 spiro atoms. The minimum atomic E-state index is -0.525. The normalized spacial score (nSPS) is 13.2. The van der Waals surface area contributed by atoms with E-state index in [9.17, 15) is 14.9 Å². The molecule has 1 aliphatic rings. The fourth-order valence-electron chi connectivity index (χ4n) is 2.63. The van der Waals surface area contributed by atoms with Gasteiger partial charge < -0.3 is 9.47 Å². The molecule has 0 atom stereocenters. The molecule has 3 rings (SSSR count). The third kappa shape index (κ3) is 3.01. The van der Waals surface area contributed by atoms with E-state index in [1.165, 1.54) is 31.5 Å². The fraction of sp³-hybridized carbons (Fsp3) is 0.176. The number of hydrazone groups is 1. The first-order valence-electron chi connectivity index (χ1n) is 7.41. The first kappa shape index (κ1) is 16.4. The lowest BCUT2D eigenvalue weighted by molar-refractivity contribution is -0.385. The van der Waals surface area contributed by atoms with E-state index in [-0.39, 0.29) is 29.5 Å². The minimum absolute atomic E-state index is 0.0618. The van der Waals surface area contributed by atoms with Crippen molar-refractivity contribution in [3.8, 4) is 22.6 Å². The summed E-state index contributed by atoms with van der Waals surface area (Å²) in [6.07, 6.45) is 1.79. The second-order valence-electron chi connectivity index (χ2n) is 5.25. The molecule has 2 aromatic carbocycles. The SMILES string of the molecule is COc1cc(-c2cccc(N3N=CCC3=O)c2)cc([N+](=O)[O-])c1OC. The first-order valence-corrected chi connectivity index (χ1v) is 7.41. The van der Waals surface area contributed by atoms with Crippen molar-refractivity contribution < 1.29 is 19.2 Å². The number of amides is 1. The zero-order chi connectivity index (χ0) is 18.0. The second kappa shape index (κ2) is 6.60. The van der Waals surface area contributed by atoms with Crippen LogP contribution >= 0.6 is 0 Å². The highest BCUT2D eigenvalue weighted by atomic mass is 16.6. The Labute approximate surface area is 143 Å². The number of methoxy groups -OCH3 is 2. The van der Waals surface area contributed by atoms with Crippen LogP contribution in [0, 0.1) is 10.1 Å². The van der Waals surface area contributed by atoms with Crippen molar-refractivity contribution in [2.75, 3.05) is 19.2 Å². The third-order valence-corrected chi connectivity index (χ3v) is 3.78. The van der Waals surface area contributed by atoms with Crippen LogP contribution in [0.1, 0.15) is 6.42 Å². The second-order valence-corrected chi connectivity index (χ2v) is 5.25. The van der Waals surface area contributed by atoms with Gasteiger partial charge in [-0.25, -0.2) is 5.01 Å². The Hall–Kier alpha value is -3.42. The van der Waals surface area contributed by atoms with Crippen LogP contribution in [-0.2, 0) is 4.79 Å². The molecule has 0 aromatic heterocycles. The topological polar surface area (TPSA) is 94.3 Å². The van der Waals surface area contributed by atoms with Gasteiger partial charge in [0.1, 0.15) is 0 Å². The summed E-state index contributed by atoms with van der Waals surface area (Å²) in [5.41, 5.74) is 1.66. The number of nitro benzene ring substituents is 1. The summed E-state index contributed by atoms with van der Waals surface area (Å²) in [6, 6.07) is 10.1. The molecule has 0 bridgehead atoms. The Morgan fingerprint density at radius 1 is 1.16 bits per heavy atom. The summed E-state index contributed by atoms with van der Waals surface area (Å²) in [5, 5.41) is 16.7. The maximum Gasteiger partial charge on any atom is 0.315 e. The average molecular weight is 341 g/mol. The van der Waals surface area contributed by atoms with Gasteiger partial charge in [0.05, 0.1) is 31.3 Å². The van der Waals surface area contributed by atoms with Crippen LogP contribution in [0.3, 0.4) is 0 Å². The summed E-state index contributed by atoms with van der Waals surface area (Å²) in [4.78, 5) is 22.6. The summed E-state index contributed by atoms with van der Waals surface area (Å²) >= 11 is 0. The van der Waals surface area contributed by atoms with Crippen molar-refractivity contribution in [2.24, 2.45) is 5.10 Å². The number of hydrogen-bond donors (Lipinski definition) is 0. The number of nitrogens with zero attached hydrogens (tertiary/aromatic N) is 3. The summed E-state index contributed by atoms with van der Waals surface area (Å²) < 4.78 is 10.3. The van der Waals surface area contributed by atoms with E-state index < -0.39 is 4.92 Å². The zero-order valence-corrected chi connectivity index (χ0v) is 13.6. The summed E-state index contributed by atoms with van der Waals surface area (Å²) in [7, 11) is 2.77. The van der Waals surface area contributed by atoms with Crippen LogP contribution in [0.15, 0.2) is 41.5 Å². The quantitative estimate of drug-likeness (QED) is 0.615. The smallest absolute Gasteiger partial charge is 0.315 e. The van der Waals surface area contributed by atoms with Gasteiger partial charge in [-0.05, 0) is 29.3 Å². The Bertz CT molecular complexity index is 879. The monoisotopic (exact) mass is 341 g/mol. The van der Waals surface area contributed by atoms with Crippen molar-refractivity contribution >= 4 is 23.5 Å². The number of hydrogen-bond acceptors (Lipinski definition) is 6. The van der Waals surface area contributed by atoms with Crippen LogP contribution in [0.25, 0.3) is 11.1 Å². The fourth-order valence-corrected chi connectivity index (χ4v) is 2.63. The lowest BCUT2D eigenvalue weighted by Gasteiger charge is -2.14. The van der Waals surface area contributed by atoms with E-state index in [1.807, 2.05) is 0 Å². The van der Waals surface area contributed by atoms with E-state index in [0.717, 1.165) is 0 Å². The van der Waals surface area contributed by atoms with Crippen LogP contribution in [0.2, 0.25) is 0 Å². The van der Waals surface area contributed by atoms with E-state index in [2.05, 4.69) is 5.10 Å². The molecule has 128 valence electrons. The Morgan fingerprint density at radius 3 is 2.56 bits per heavy atom. The lowest BCUT2D eigenvalue weighted by Crippen LogP contribution is -2.19. The molecule has 0 aliphatic carbocycles. The molecule has 0 N–H and O–H groups in total. The van der Waals surface area contributed by atoms with Gasteiger partial charge in [0.15, 0.2) is 5.75 Å². The largest absolute Gasteiger partial charge is 0.493 e. The van der Waals surface area contributed by atoms with Gasteiger partial charge in [-0.15, -0.1) is 0 Å². The van der Waals surface area contributed by atoms with Gasteiger partial charge in [-0.1, -0.05) is 12.1 Å². The van der Waals surface area contributed by atoms with Crippen LogP contribution in [0.5, 0.6) is 11.5 Å². The maximum absolute atomic E-state index is 11.8. The molecule has 0 unspecified atom stereocenters. The molecule has 8 nitrogen and oxygen atoms in total. The predicted molar refractivity (Wildman–Crippen MR) is 92.2 cm³/mol. The van der Waals surface area contributed by atoms with Crippen molar-refractivity contribution in [1.29, 1.82) is 0 Å². The number of rotatable bonds is 5.